The summed E-state index contributed by atoms with van der Waals surface area (Å²) in [5, 5.41) is 3.36. The Balaban J connectivity index is 1.76. The Morgan fingerprint density at radius 1 is 0.875 bits per heavy atom. The van der Waals surface area contributed by atoms with E-state index in [0.29, 0.717) is 26.4 Å². The van der Waals surface area contributed by atoms with Crippen LogP contribution in [0.3, 0.4) is 0 Å². The summed E-state index contributed by atoms with van der Waals surface area (Å²) in [6.07, 6.45) is 0. The molecule has 0 saturated heterocycles. The largest absolute Gasteiger partial charge is 0.491 e. The molecule has 0 unspecified atom stereocenters. The minimum atomic E-state index is 0.562. The maximum absolute atomic E-state index is 5.90. The van der Waals surface area contributed by atoms with Crippen molar-refractivity contribution in [1.29, 1.82) is 0 Å². The van der Waals surface area contributed by atoms with Crippen molar-refractivity contribution >= 4 is 5.69 Å². The van der Waals surface area contributed by atoms with E-state index in [0.717, 1.165) is 23.7 Å². The first-order valence-electron chi connectivity index (χ1n) is 8.44. The second-order valence-electron chi connectivity index (χ2n) is 5.57. The molecule has 0 aliphatic rings. The average molecular weight is 329 g/mol. The van der Waals surface area contributed by atoms with Gasteiger partial charge < -0.3 is 19.5 Å². The first-order chi connectivity index (χ1) is 11.7. The Morgan fingerprint density at radius 3 is 2.38 bits per heavy atom. The average Bonchev–Trinajstić information content (AvgIpc) is 2.58. The lowest BCUT2D eigenvalue weighted by Crippen LogP contribution is -2.12. The van der Waals surface area contributed by atoms with E-state index in [1.165, 1.54) is 11.1 Å². The van der Waals surface area contributed by atoms with Gasteiger partial charge in [0, 0.05) is 24.9 Å². The summed E-state index contributed by atoms with van der Waals surface area (Å²) in [5.74, 6) is 1.82. The van der Waals surface area contributed by atoms with Crippen LogP contribution >= 0.6 is 0 Å². The van der Waals surface area contributed by atoms with Gasteiger partial charge in [-0.05, 0) is 44.0 Å². The normalized spacial score (nSPS) is 10.5. The number of anilines is 1. The molecule has 0 aromatic heterocycles. The van der Waals surface area contributed by atoms with E-state index in [9.17, 15) is 0 Å². The number of hydrogen-bond acceptors (Lipinski definition) is 4. The zero-order valence-corrected chi connectivity index (χ0v) is 14.8. The highest BCUT2D eigenvalue weighted by Crippen LogP contribution is 2.22. The standard InChI is InChI=1S/C20H27NO3/c1-4-22-13-14-23-19-10-6-9-18(15-19)21-11-12-24-20-16(2)7-5-8-17(20)3/h5-10,15,21H,4,11-14H2,1-3H3. The van der Waals surface area contributed by atoms with Crippen LogP contribution in [0.2, 0.25) is 0 Å². The predicted octanol–water partition coefficient (Wildman–Crippen LogP) is 4.21. The van der Waals surface area contributed by atoms with Crippen molar-refractivity contribution in [3.05, 3.63) is 53.6 Å². The van der Waals surface area contributed by atoms with Crippen molar-refractivity contribution in [1.82, 2.24) is 0 Å². The molecule has 0 spiro atoms. The van der Waals surface area contributed by atoms with Gasteiger partial charge in [-0.25, -0.2) is 0 Å². The SMILES string of the molecule is CCOCCOc1cccc(NCCOc2c(C)cccc2C)c1. The molecule has 130 valence electrons. The highest BCUT2D eigenvalue weighted by atomic mass is 16.5. The van der Waals surface area contributed by atoms with Gasteiger partial charge in [0.1, 0.15) is 24.7 Å². The van der Waals surface area contributed by atoms with Gasteiger partial charge in [-0.15, -0.1) is 0 Å². The van der Waals surface area contributed by atoms with E-state index >= 15 is 0 Å². The fourth-order valence-corrected chi connectivity index (χ4v) is 2.43. The predicted molar refractivity (Wildman–Crippen MR) is 98.3 cm³/mol. The zero-order chi connectivity index (χ0) is 17.2. The first-order valence-corrected chi connectivity index (χ1v) is 8.44. The third-order valence-corrected chi connectivity index (χ3v) is 3.62. The molecule has 2 rings (SSSR count). The number of ether oxygens (including phenoxy) is 3. The minimum absolute atomic E-state index is 0.562. The summed E-state index contributed by atoms with van der Waals surface area (Å²) in [6.45, 7) is 9.34. The van der Waals surface area contributed by atoms with E-state index in [-0.39, 0.29) is 0 Å². The summed E-state index contributed by atoms with van der Waals surface area (Å²) in [5.41, 5.74) is 3.36. The second-order valence-corrected chi connectivity index (χ2v) is 5.57. The molecule has 0 radical (unpaired) electrons. The van der Waals surface area contributed by atoms with Gasteiger partial charge in [-0.3, -0.25) is 0 Å². The maximum Gasteiger partial charge on any atom is 0.125 e. The van der Waals surface area contributed by atoms with Gasteiger partial charge >= 0.3 is 0 Å². The Hall–Kier alpha value is -2.20. The molecule has 24 heavy (non-hydrogen) atoms. The van der Waals surface area contributed by atoms with E-state index in [4.69, 9.17) is 14.2 Å². The number of hydrogen-bond donors (Lipinski definition) is 1. The molecule has 0 bridgehead atoms. The third kappa shape index (κ3) is 5.78. The number of benzene rings is 2. The summed E-state index contributed by atoms with van der Waals surface area (Å²) in [6, 6.07) is 14.1. The highest BCUT2D eigenvalue weighted by Gasteiger charge is 2.03. The summed E-state index contributed by atoms with van der Waals surface area (Å²) >= 11 is 0. The molecule has 2 aromatic carbocycles. The smallest absolute Gasteiger partial charge is 0.125 e. The van der Waals surface area contributed by atoms with Gasteiger partial charge in [-0.1, -0.05) is 24.3 Å². The number of para-hydroxylation sites is 1. The Labute approximate surface area is 144 Å². The van der Waals surface area contributed by atoms with Crippen LogP contribution in [0.15, 0.2) is 42.5 Å². The van der Waals surface area contributed by atoms with Crippen molar-refractivity contribution in [2.24, 2.45) is 0 Å². The molecule has 0 amide bonds. The molecule has 1 N–H and O–H groups in total. The van der Waals surface area contributed by atoms with E-state index in [1.807, 2.05) is 37.3 Å². The van der Waals surface area contributed by atoms with Crippen LogP contribution in [0.25, 0.3) is 0 Å². The monoisotopic (exact) mass is 329 g/mol. The summed E-state index contributed by atoms with van der Waals surface area (Å²) < 4.78 is 16.8. The summed E-state index contributed by atoms with van der Waals surface area (Å²) in [7, 11) is 0. The Morgan fingerprint density at radius 2 is 1.62 bits per heavy atom. The molecule has 0 fully saturated rings. The van der Waals surface area contributed by atoms with Crippen molar-refractivity contribution in [2.75, 3.05) is 38.3 Å². The fraction of sp³-hybridized carbons (Fsp3) is 0.400. The first kappa shape index (κ1) is 18.1. The molecular formula is C20H27NO3. The maximum atomic E-state index is 5.90. The zero-order valence-electron chi connectivity index (χ0n) is 14.8. The van der Waals surface area contributed by atoms with Crippen molar-refractivity contribution in [3.8, 4) is 11.5 Å². The fourth-order valence-electron chi connectivity index (χ4n) is 2.43. The lowest BCUT2D eigenvalue weighted by atomic mass is 10.1. The molecule has 0 heterocycles. The summed E-state index contributed by atoms with van der Waals surface area (Å²) in [4.78, 5) is 0. The third-order valence-electron chi connectivity index (χ3n) is 3.62. The molecule has 2 aromatic rings. The molecule has 0 aliphatic heterocycles. The van der Waals surface area contributed by atoms with Crippen LogP contribution in [0.1, 0.15) is 18.1 Å². The van der Waals surface area contributed by atoms with Gasteiger partial charge in [0.25, 0.3) is 0 Å². The van der Waals surface area contributed by atoms with E-state index < -0.39 is 0 Å². The van der Waals surface area contributed by atoms with Crippen LogP contribution in [-0.2, 0) is 4.74 Å². The lowest BCUT2D eigenvalue weighted by Gasteiger charge is -2.13. The van der Waals surface area contributed by atoms with Crippen LogP contribution in [0.4, 0.5) is 5.69 Å². The van der Waals surface area contributed by atoms with Crippen LogP contribution in [0.5, 0.6) is 11.5 Å². The molecule has 4 heteroatoms. The van der Waals surface area contributed by atoms with Crippen LogP contribution in [-0.4, -0.2) is 33.0 Å². The molecule has 4 nitrogen and oxygen atoms in total. The van der Waals surface area contributed by atoms with Crippen molar-refractivity contribution < 1.29 is 14.2 Å². The van der Waals surface area contributed by atoms with E-state index in [1.54, 1.807) is 0 Å². The van der Waals surface area contributed by atoms with Gasteiger partial charge in [0.2, 0.25) is 0 Å². The quantitative estimate of drug-likeness (QED) is 0.663. The topological polar surface area (TPSA) is 39.7 Å². The number of aryl methyl sites for hydroxylation is 2. The van der Waals surface area contributed by atoms with Crippen LogP contribution in [0, 0.1) is 13.8 Å². The molecule has 0 aliphatic carbocycles. The lowest BCUT2D eigenvalue weighted by molar-refractivity contribution is 0.110. The van der Waals surface area contributed by atoms with Gasteiger partial charge in [0.05, 0.1) is 6.61 Å². The Bertz CT molecular complexity index is 608. The van der Waals surface area contributed by atoms with Crippen molar-refractivity contribution in [3.63, 3.8) is 0 Å². The van der Waals surface area contributed by atoms with Gasteiger partial charge in [-0.2, -0.15) is 0 Å². The molecule has 0 saturated carbocycles. The van der Waals surface area contributed by atoms with Gasteiger partial charge in [0.15, 0.2) is 0 Å². The number of nitrogens with one attached hydrogen (secondary N) is 1. The molecular weight excluding hydrogens is 302 g/mol. The molecule has 0 atom stereocenters. The highest BCUT2D eigenvalue weighted by molar-refractivity contribution is 5.48. The van der Waals surface area contributed by atoms with Crippen molar-refractivity contribution in [2.45, 2.75) is 20.8 Å². The minimum Gasteiger partial charge on any atom is -0.491 e. The number of rotatable bonds is 10. The Kier molecular flexibility index (Phi) is 7.43. The van der Waals surface area contributed by atoms with Crippen LogP contribution < -0.4 is 14.8 Å². The van der Waals surface area contributed by atoms with E-state index in [2.05, 4.69) is 31.3 Å². The second kappa shape index (κ2) is 9.83.